The third-order valence-electron chi connectivity index (χ3n) is 5.65. The predicted molar refractivity (Wildman–Crippen MR) is 143 cm³/mol. The van der Waals surface area contributed by atoms with E-state index < -0.39 is 33.5 Å². The van der Waals surface area contributed by atoms with Gasteiger partial charge in [-0.2, -0.15) is 4.99 Å². The fraction of sp³-hybridized carbons (Fsp3) is 0.400. The number of halogens is 1. The average Bonchev–Trinajstić information content (AvgIpc) is 3.24. The van der Waals surface area contributed by atoms with Gasteiger partial charge in [0.15, 0.2) is 15.0 Å². The highest BCUT2D eigenvalue weighted by molar-refractivity contribution is 8.16. The van der Waals surface area contributed by atoms with E-state index in [4.69, 9.17) is 16.3 Å². The van der Waals surface area contributed by atoms with Gasteiger partial charge in [0.25, 0.3) is 5.91 Å². The van der Waals surface area contributed by atoms with Crippen LogP contribution in [0.4, 0.5) is 10.5 Å². The number of anilines is 1. The van der Waals surface area contributed by atoms with Crippen LogP contribution in [0, 0.1) is 0 Å². The Hall–Kier alpha value is -2.56. The lowest BCUT2D eigenvalue weighted by molar-refractivity contribution is -0.119. The predicted octanol–water partition coefficient (Wildman–Crippen LogP) is 4.08. The smallest absolute Gasteiger partial charge is 0.408 e. The van der Waals surface area contributed by atoms with Gasteiger partial charge in [-0.25, -0.2) is 13.2 Å². The summed E-state index contributed by atoms with van der Waals surface area (Å²) in [6.45, 7) is 5.23. The van der Waals surface area contributed by atoms with E-state index in [1.807, 2.05) is 30.3 Å². The van der Waals surface area contributed by atoms with E-state index in [9.17, 15) is 18.0 Å². The molecule has 0 unspecified atom stereocenters. The van der Waals surface area contributed by atoms with Gasteiger partial charge in [0, 0.05) is 22.4 Å². The van der Waals surface area contributed by atoms with E-state index in [0.29, 0.717) is 15.9 Å². The summed E-state index contributed by atoms with van der Waals surface area (Å²) in [5, 5.41) is 3.36. The number of hydrogen-bond acceptors (Lipinski definition) is 6. The molecule has 1 N–H and O–H groups in total. The van der Waals surface area contributed by atoms with Crippen LogP contribution >= 0.6 is 23.4 Å². The molecule has 2 fully saturated rings. The number of nitrogens with zero attached hydrogens (tertiary/aromatic N) is 2. The molecule has 11 heteroatoms. The van der Waals surface area contributed by atoms with Gasteiger partial charge in [0.1, 0.15) is 11.6 Å². The van der Waals surface area contributed by atoms with Crippen molar-refractivity contribution in [3.05, 3.63) is 65.2 Å². The van der Waals surface area contributed by atoms with Gasteiger partial charge >= 0.3 is 6.09 Å². The van der Waals surface area contributed by atoms with Crippen LogP contribution in [-0.2, 0) is 25.8 Å². The van der Waals surface area contributed by atoms with Crippen LogP contribution in [0.3, 0.4) is 0 Å². The fourth-order valence-electron chi connectivity index (χ4n) is 4.14. The number of amides is 2. The molecule has 192 valence electrons. The van der Waals surface area contributed by atoms with Crippen LogP contribution in [0.25, 0.3) is 0 Å². The number of thioether (sulfide) groups is 1. The Morgan fingerprint density at radius 3 is 2.44 bits per heavy atom. The van der Waals surface area contributed by atoms with Crippen molar-refractivity contribution in [3.8, 4) is 0 Å². The second-order valence-electron chi connectivity index (χ2n) is 9.77. The van der Waals surface area contributed by atoms with Gasteiger partial charge in [-0.3, -0.25) is 4.79 Å². The summed E-state index contributed by atoms with van der Waals surface area (Å²) in [6.07, 6.45) is -0.490. The summed E-state index contributed by atoms with van der Waals surface area (Å²) in [4.78, 5) is 32.2. The number of carbonyl (C=O) groups is 2. The molecule has 4 rings (SSSR count). The van der Waals surface area contributed by atoms with Crippen LogP contribution in [0.5, 0.6) is 0 Å². The number of benzene rings is 2. The number of fused-ring (bicyclic) bond motifs is 1. The van der Waals surface area contributed by atoms with Crippen molar-refractivity contribution in [1.82, 2.24) is 5.32 Å². The number of aliphatic imine (C=N–C) groups is 1. The number of alkyl carbamates (subject to hydrolysis) is 1. The fourth-order valence-corrected chi connectivity index (χ4v) is 8.19. The maximum Gasteiger partial charge on any atom is 0.408 e. The quantitative estimate of drug-likeness (QED) is 0.599. The second-order valence-corrected chi connectivity index (χ2v) is 13.6. The molecule has 3 atom stereocenters. The molecule has 2 heterocycles. The van der Waals surface area contributed by atoms with Crippen LogP contribution in [0.1, 0.15) is 26.3 Å². The SMILES string of the molecule is CC(C)(C)OC(=O)N[C@H](Cc1ccccc1)C(=O)N=C1S[C@H]2CS(=O)(=O)C[C@@H]2N1c1ccc(Cl)cc1. The molecule has 2 aromatic rings. The lowest BCUT2D eigenvalue weighted by Gasteiger charge is -2.25. The van der Waals surface area contributed by atoms with Crippen LogP contribution in [0.2, 0.25) is 5.02 Å². The number of ether oxygens (including phenoxy) is 1. The molecular weight excluding hydrogens is 522 g/mol. The first-order chi connectivity index (χ1) is 16.9. The molecule has 2 aliphatic rings. The van der Waals surface area contributed by atoms with Crippen molar-refractivity contribution in [2.24, 2.45) is 4.99 Å². The Bertz CT molecular complexity index is 1260. The van der Waals surface area contributed by atoms with Crippen molar-refractivity contribution in [2.45, 2.75) is 50.1 Å². The number of hydrogen-bond donors (Lipinski definition) is 1. The minimum absolute atomic E-state index is 0.0171. The number of rotatable bonds is 5. The minimum Gasteiger partial charge on any atom is -0.444 e. The summed E-state index contributed by atoms with van der Waals surface area (Å²) >= 11 is 7.32. The molecule has 2 aromatic carbocycles. The second kappa shape index (κ2) is 10.4. The Balaban J connectivity index is 1.64. The van der Waals surface area contributed by atoms with Gasteiger partial charge < -0.3 is 15.0 Å². The number of carbonyl (C=O) groups excluding carboxylic acids is 2. The van der Waals surface area contributed by atoms with Gasteiger partial charge in [-0.15, -0.1) is 0 Å². The topological polar surface area (TPSA) is 105 Å². The van der Waals surface area contributed by atoms with Crippen molar-refractivity contribution in [3.63, 3.8) is 0 Å². The highest BCUT2D eigenvalue weighted by Crippen LogP contribution is 2.41. The van der Waals surface area contributed by atoms with Crippen molar-refractivity contribution in [2.75, 3.05) is 16.4 Å². The molecule has 2 aliphatic heterocycles. The summed E-state index contributed by atoms with van der Waals surface area (Å²) in [5.74, 6) is -0.554. The largest absolute Gasteiger partial charge is 0.444 e. The first-order valence-corrected chi connectivity index (χ1v) is 14.6. The normalized spacial score (nSPS) is 22.8. The van der Waals surface area contributed by atoms with E-state index in [1.54, 1.807) is 49.9 Å². The highest BCUT2D eigenvalue weighted by Gasteiger charge is 2.49. The number of sulfone groups is 1. The zero-order valence-electron chi connectivity index (χ0n) is 20.2. The Morgan fingerprint density at radius 1 is 1.14 bits per heavy atom. The zero-order valence-corrected chi connectivity index (χ0v) is 22.6. The molecule has 0 aromatic heterocycles. The molecule has 0 radical (unpaired) electrons. The summed E-state index contributed by atoms with van der Waals surface area (Å²) in [6, 6.07) is 15.0. The van der Waals surface area contributed by atoms with Crippen LogP contribution in [0.15, 0.2) is 59.6 Å². The zero-order chi connectivity index (χ0) is 26.1. The van der Waals surface area contributed by atoms with E-state index in [1.165, 1.54) is 11.8 Å². The molecule has 2 saturated heterocycles. The number of nitrogens with one attached hydrogen (secondary N) is 1. The minimum atomic E-state index is -3.20. The standard InChI is InChI=1S/C25H28ClN3O5S2/c1-25(2,3)34-24(31)27-19(13-16-7-5-4-6-8-16)22(30)28-23-29(18-11-9-17(26)10-12-18)20-14-36(32,33)15-21(20)35-23/h4-12,19-21H,13-15H2,1-3H3,(H,27,31)/t19-,20+,21+/m1/s1. The van der Waals surface area contributed by atoms with Crippen molar-refractivity contribution < 1.29 is 22.7 Å². The van der Waals surface area contributed by atoms with Crippen LogP contribution in [-0.4, -0.2) is 60.0 Å². The highest BCUT2D eigenvalue weighted by atomic mass is 35.5. The maximum atomic E-state index is 13.4. The van der Waals surface area contributed by atoms with Gasteiger partial charge in [0.05, 0.1) is 17.5 Å². The van der Waals surface area contributed by atoms with E-state index in [-0.39, 0.29) is 29.2 Å². The number of amidine groups is 1. The molecule has 0 aliphatic carbocycles. The van der Waals surface area contributed by atoms with Gasteiger partial charge in [0.2, 0.25) is 0 Å². The molecule has 36 heavy (non-hydrogen) atoms. The molecule has 0 bridgehead atoms. The molecule has 0 saturated carbocycles. The maximum absolute atomic E-state index is 13.4. The van der Waals surface area contributed by atoms with Gasteiger partial charge in [-0.1, -0.05) is 53.7 Å². The molecule has 2 amide bonds. The van der Waals surface area contributed by atoms with E-state index in [2.05, 4.69) is 10.3 Å². The Morgan fingerprint density at radius 2 is 1.81 bits per heavy atom. The molecule has 8 nitrogen and oxygen atoms in total. The summed E-state index contributed by atoms with van der Waals surface area (Å²) in [7, 11) is -3.20. The lowest BCUT2D eigenvalue weighted by Crippen LogP contribution is -2.45. The van der Waals surface area contributed by atoms with E-state index >= 15 is 0 Å². The van der Waals surface area contributed by atoms with Crippen LogP contribution < -0.4 is 10.2 Å². The summed E-state index contributed by atoms with van der Waals surface area (Å²) in [5.41, 5.74) is 0.817. The molecular formula is C25H28ClN3O5S2. The Labute approximate surface area is 220 Å². The first-order valence-electron chi connectivity index (χ1n) is 11.5. The molecule has 0 spiro atoms. The summed E-state index contributed by atoms with van der Waals surface area (Å²) < 4.78 is 30.0. The monoisotopic (exact) mass is 549 g/mol. The first kappa shape index (κ1) is 26.5. The van der Waals surface area contributed by atoms with Crippen molar-refractivity contribution >= 4 is 56.1 Å². The third-order valence-corrected chi connectivity index (χ3v) is 9.11. The Kier molecular flexibility index (Phi) is 7.68. The van der Waals surface area contributed by atoms with Crippen molar-refractivity contribution in [1.29, 1.82) is 0 Å². The van der Waals surface area contributed by atoms with Gasteiger partial charge in [-0.05, 0) is 50.6 Å². The third kappa shape index (κ3) is 6.60. The average molecular weight is 550 g/mol. The lowest BCUT2D eigenvalue weighted by atomic mass is 10.1. The van der Waals surface area contributed by atoms with E-state index in [0.717, 1.165) is 5.56 Å².